The summed E-state index contributed by atoms with van der Waals surface area (Å²) in [6, 6.07) is 0. The van der Waals surface area contributed by atoms with E-state index in [9.17, 15) is 14.4 Å². The predicted octanol–water partition coefficient (Wildman–Crippen LogP) is 22.7. The third kappa shape index (κ3) is 65.5. The number of ether oxygens (including phenoxy) is 3. The molecule has 6 nitrogen and oxygen atoms in total. The van der Waals surface area contributed by atoms with Gasteiger partial charge in [0.15, 0.2) is 6.10 Å². The molecule has 81 heavy (non-hydrogen) atoms. The fourth-order valence-electron chi connectivity index (χ4n) is 8.37. The SMILES string of the molecule is CC/C=C\C/C=C\C/C=C\C/C=C\C/C=C\C/C=C\C/C=C\CCCCCCCCCCCC(=O)OCC(COC(=O)CCCCCCC/C=C\C/C=C\CCCCC)OC(=O)CCC/C=C\C/C=C\C/C=C\C/C=C\C/C=C\CC. The van der Waals surface area contributed by atoms with Gasteiger partial charge in [-0.15, -0.1) is 0 Å². The van der Waals surface area contributed by atoms with E-state index in [4.69, 9.17) is 14.2 Å². The molecule has 0 aliphatic rings. The van der Waals surface area contributed by atoms with E-state index in [0.29, 0.717) is 19.3 Å². The maximum atomic E-state index is 12.9. The molecule has 1 atom stereocenters. The lowest BCUT2D eigenvalue weighted by atomic mass is 10.1. The highest BCUT2D eigenvalue weighted by atomic mass is 16.6. The molecule has 0 saturated heterocycles. The van der Waals surface area contributed by atoms with Crippen LogP contribution in [0.25, 0.3) is 0 Å². The fourth-order valence-corrected chi connectivity index (χ4v) is 8.37. The molecule has 1 unspecified atom stereocenters. The van der Waals surface area contributed by atoms with Crippen molar-refractivity contribution < 1.29 is 28.6 Å². The van der Waals surface area contributed by atoms with Gasteiger partial charge in [-0.05, 0) is 148 Å². The van der Waals surface area contributed by atoms with Crippen LogP contribution in [0.4, 0.5) is 0 Å². The second kappa shape index (κ2) is 67.3. The lowest BCUT2D eigenvalue weighted by Gasteiger charge is -2.18. The second-order valence-corrected chi connectivity index (χ2v) is 20.9. The van der Waals surface area contributed by atoms with Gasteiger partial charge in [0, 0.05) is 19.3 Å². The van der Waals surface area contributed by atoms with Crippen LogP contribution in [0.5, 0.6) is 0 Å². The highest BCUT2D eigenvalue weighted by Crippen LogP contribution is 2.14. The van der Waals surface area contributed by atoms with E-state index >= 15 is 0 Å². The average molecular weight is 1120 g/mol. The third-order valence-electron chi connectivity index (χ3n) is 13.2. The molecule has 0 amide bonds. The highest BCUT2D eigenvalue weighted by Gasteiger charge is 2.19. The van der Waals surface area contributed by atoms with Crippen molar-refractivity contribution in [1.82, 2.24) is 0 Å². The van der Waals surface area contributed by atoms with Crippen molar-refractivity contribution in [3.8, 4) is 0 Å². The first-order chi connectivity index (χ1) is 40.0. The van der Waals surface area contributed by atoms with Gasteiger partial charge >= 0.3 is 17.9 Å². The number of carbonyl (C=O) groups excluding carboxylic acids is 3. The van der Waals surface area contributed by atoms with Gasteiger partial charge in [0.2, 0.25) is 0 Å². The Balaban J connectivity index is 4.41. The number of unbranched alkanes of at least 4 members (excludes halogenated alkanes) is 18. The van der Waals surface area contributed by atoms with Crippen LogP contribution in [0.3, 0.4) is 0 Å². The molecule has 0 rings (SSSR count). The Bertz CT molecular complexity index is 1860. The van der Waals surface area contributed by atoms with Crippen molar-refractivity contribution >= 4 is 17.9 Å². The minimum Gasteiger partial charge on any atom is -0.462 e. The Morgan fingerprint density at radius 1 is 0.259 bits per heavy atom. The number of esters is 3. The third-order valence-corrected chi connectivity index (χ3v) is 13.2. The first kappa shape index (κ1) is 75.8. The van der Waals surface area contributed by atoms with E-state index in [0.717, 1.165) is 154 Å². The molecule has 0 heterocycles. The van der Waals surface area contributed by atoms with Crippen LogP contribution >= 0.6 is 0 Å². The van der Waals surface area contributed by atoms with E-state index < -0.39 is 6.10 Å². The smallest absolute Gasteiger partial charge is 0.306 e. The molecule has 0 fully saturated rings. The van der Waals surface area contributed by atoms with Crippen molar-refractivity contribution in [2.75, 3.05) is 13.2 Å². The quantitative estimate of drug-likeness (QED) is 0.0261. The van der Waals surface area contributed by atoms with Crippen molar-refractivity contribution in [3.05, 3.63) is 170 Å². The van der Waals surface area contributed by atoms with E-state index in [1.165, 1.54) is 64.2 Å². The van der Waals surface area contributed by atoms with Gasteiger partial charge in [-0.2, -0.15) is 0 Å². The fraction of sp³-hybridized carbons (Fsp3) is 0.587. The summed E-state index contributed by atoms with van der Waals surface area (Å²) in [6.07, 6.45) is 99.4. The largest absolute Gasteiger partial charge is 0.462 e. The van der Waals surface area contributed by atoms with E-state index in [-0.39, 0.29) is 37.5 Å². The average Bonchev–Trinajstić information content (AvgIpc) is 3.47. The lowest BCUT2D eigenvalue weighted by Crippen LogP contribution is -2.30. The van der Waals surface area contributed by atoms with Crippen LogP contribution in [0, 0.1) is 0 Å². The molecule has 0 aliphatic heterocycles. The topological polar surface area (TPSA) is 78.9 Å². The Hall–Kier alpha value is -5.23. The first-order valence-corrected chi connectivity index (χ1v) is 32.6. The molecule has 454 valence electrons. The van der Waals surface area contributed by atoms with E-state index in [1.54, 1.807) is 0 Å². The molecule has 0 spiro atoms. The Morgan fingerprint density at radius 3 is 0.790 bits per heavy atom. The zero-order chi connectivity index (χ0) is 58.5. The van der Waals surface area contributed by atoms with Crippen molar-refractivity contribution in [1.29, 1.82) is 0 Å². The summed E-state index contributed by atoms with van der Waals surface area (Å²) in [6.45, 7) is 6.32. The number of carbonyl (C=O) groups is 3. The summed E-state index contributed by atoms with van der Waals surface area (Å²) in [5.74, 6) is -0.998. The van der Waals surface area contributed by atoms with Crippen LogP contribution < -0.4 is 0 Å². The second-order valence-electron chi connectivity index (χ2n) is 20.9. The van der Waals surface area contributed by atoms with E-state index in [1.807, 2.05) is 0 Å². The summed E-state index contributed by atoms with van der Waals surface area (Å²) < 4.78 is 16.9. The predicted molar refractivity (Wildman–Crippen MR) is 352 cm³/mol. The van der Waals surface area contributed by atoms with Crippen LogP contribution in [0.2, 0.25) is 0 Å². The molecular weight excluding hydrogens is 997 g/mol. The summed E-state index contributed by atoms with van der Waals surface area (Å²) in [5, 5.41) is 0. The number of rotatable bonds is 57. The standard InChI is InChI=1S/C75H118O6/c1-4-7-10-13-16-19-22-25-28-30-31-32-33-34-35-36-37-38-39-40-41-42-43-45-47-50-53-56-59-62-65-68-74(77)80-71-72(70-79-73(76)67-64-61-58-55-52-49-46-27-24-21-18-15-12-9-6-3)81-75(78)69-66-63-60-57-54-51-48-44-29-26-23-20-17-14-11-8-5-2/h7-8,10-11,16-21,25-29,31-32,34-35,37-38,40-41,46,48,51,57,60,72H,4-6,9,12-15,22-24,30,33,36,39,42-45,47,49-50,52-56,58-59,61-71H2,1-3H3/b10-7-,11-8-,19-16-,20-17-,21-18-,28-25-,29-26-,32-31-,35-34-,38-37-,41-40-,46-27-,51-48-,60-57-. The number of hydrogen-bond acceptors (Lipinski definition) is 6. The molecule has 0 radical (unpaired) electrons. The van der Waals surface area contributed by atoms with Gasteiger partial charge in [-0.3, -0.25) is 14.4 Å². The van der Waals surface area contributed by atoms with Gasteiger partial charge in [0.25, 0.3) is 0 Å². The highest BCUT2D eigenvalue weighted by molar-refractivity contribution is 5.71. The molecule has 0 saturated carbocycles. The lowest BCUT2D eigenvalue weighted by molar-refractivity contribution is -0.167. The molecule has 0 aromatic carbocycles. The van der Waals surface area contributed by atoms with E-state index in [2.05, 4.69) is 191 Å². The Morgan fingerprint density at radius 2 is 0.494 bits per heavy atom. The van der Waals surface area contributed by atoms with Crippen LogP contribution in [-0.2, 0) is 28.6 Å². The molecule has 0 aliphatic carbocycles. The van der Waals surface area contributed by atoms with Crippen molar-refractivity contribution in [2.45, 2.75) is 271 Å². The Labute approximate surface area is 498 Å². The minimum atomic E-state index is -0.826. The summed E-state index contributed by atoms with van der Waals surface area (Å²) >= 11 is 0. The van der Waals surface area contributed by atoms with Crippen molar-refractivity contribution in [3.63, 3.8) is 0 Å². The summed E-state index contributed by atoms with van der Waals surface area (Å²) in [5.41, 5.74) is 0. The van der Waals surface area contributed by atoms with Gasteiger partial charge < -0.3 is 14.2 Å². The maximum absolute atomic E-state index is 12.9. The zero-order valence-corrected chi connectivity index (χ0v) is 52.0. The molecule has 0 N–H and O–H groups in total. The molecule has 0 aromatic heterocycles. The zero-order valence-electron chi connectivity index (χ0n) is 52.0. The molecule has 0 aromatic rings. The maximum Gasteiger partial charge on any atom is 0.306 e. The monoisotopic (exact) mass is 1110 g/mol. The van der Waals surface area contributed by atoms with Crippen LogP contribution in [0.15, 0.2) is 170 Å². The minimum absolute atomic E-state index is 0.115. The summed E-state index contributed by atoms with van der Waals surface area (Å²) in [4.78, 5) is 38.3. The Kier molecular flexibility index (Phi) is 62.9. The van der Waals surface area contributed by atoms with Gasteiger partial charge in [-0.25, -0.2) is 0 Å². The molecule has 0 bridgehead atoms. The van der Waals surface area contributed by atoms with Crippen molar-refractivity contribution in [2.24, 2.45) is 0 Å². The summed E-state index contributed by atoms with van der Waals surface area (Å²) in [7, 11) is 0. The number of hydrogen-bond donors (Lipinski definition) is 0. The van der Waals surface area contributed by atoms with Gasteiger partial charge in [0.05, 0.1) is 0 Å². The molecule has 6 heteroatoms. The van der Waals surface area contributed by atoms with Crippen LogP contribution in [0.1, 0.15) is 265 Å². The first-order valence-electron chi connectivity index (χ1n) is 32.6. The van der Waals surface area contributed by atoms with Gasteiger partial charge in [0.1, 0.15) is 13.2 Å². The van der Waals surface area contributed by atoms with Gasteiger partial charge in [-0.1, -0.05) is 268 Å². The van der Waals surface area contributed by atoms with Crippen LogP contribution in [-0.4, -0.2) is 37.2 Å². The number of allylic oxidation sites excluding steroid dienone is 28. The normalized spacial score (nSPS) is 13.3. The molecular formula is C75H118O6.